The van der Waals surface area contributed by atoms with Crippen LogP contribution in [0.4, 0.5) is 0 Å². The molecule has 1 N–H and O–H groups in total. The summed E-state index contributed by atoms with van der Waals surface area (Å²) in [6, 6.07) is 2.04. The maximum Gasteiger partial charge on any atom is 0.255 e. The lowest BCUT2D eigenvalue weighted by molar-refractivity contribution is 0.0172. The van der Waals surface area contributed by atoms with Gasteiger partial charge >= 0.3 is 0 Å². The highest BCUT2D eigenvalue weighted by molar-refractivity contribution is 6.00. The van der Waals surface area contributed by atoms with Crippen LogP contribution >= 0.6 is 0 Å². The van der Waals surface area contributed by atoms with Gasteiger partial charge in [-0.2, -0.15) is 0 Å². The van der Waals surface area contributed by atoms with E-state index in [1.54, 1.807) is 0 Å². The van der Waals surface area contributed by atoms with Gasteiger partial charge in [0, 0.05) is 18.8 Å². The van der Waals surface area contributed by atoms with Gasteiger partial charge in [-0.05, 0) is 57.9 Å². The lowest BCUT2D eigenvalue weighted by Gasteiger charge is -2.29. The van der Waals surface area contributed by atoms with Crippen molar-refractivity contribution in [2.24, 2.45) is 5.92 Å². The first kappa shape index (κ1) is 18.8. The number of hydrogen-bond donors (Lipinski definition) is 1. The number of aryl methyl sites for hydroxylation is 2. The zero-order valence-electron chi connectivity index (χ0n) is 16.3. The standard InChI is InChI=1S/C20H30N4O2/c1-13(2)10-12-26-17-7-5-16(6-8-17)23-20(25)18-9-11-24-15(4)21-14(3)22-19(18)24/h9,11,13,16-17H,5-8,10,12H2,1-4H3,(H,23,25). The third-order valence-corrected chi connectivity index (χ3v) is 5.10. The Morgan fingerprint density at radius 2 is 2.00 bits per heavy atom. The summed E-state index contributed by atoms with van der Waals surface area (Å²) < 4.78 is 7.83. The number of nitrogens with one attached hydrogen (secondary N) is 1. The van der Waals surface area contributed by atoms with E-state index in [4.69, 9.17) is 4.74 Å². The Bertz CT molecular complexity index is 761. The molecule has 0 saturated heterocycles. The number of nitrogens with zero attached hydrogens (tertiary/aromatic N) is 3. The Labute approximate surface area is 155 Å². The Balaban J connectivity index is 1.55. The number of aromatic nitrogens is 3. The molecule has 26 heavy (non-hydrogen) atoms. The molecule has 2 heterocycles. The van der Waals surface area contributed by atoms with Gasteiger partial charge in [-0.1, -0.05) is 13.8 Å². The van der Waals surface area contributed by atoms with E-state index in [-0.39, 0.29) is 11.9 Å². The van der Waals surface area contributed by atoms with E-state index in [2.05, 4.69) is 29.1 Å². The largest absolute Gasteiger partial charge is 0.378 e. The van der Waals surface area contributed by atoms with Crippen molar-refractivity contribution in [2.45, 2.75) is 71.9 Å². The van der Waals surface area contributed by atoms with Gasteiger partial charge < -0.3 is 10.1 Å². The molecular formula is C20H30N4O2. The van der Waals surface area contributed by atoms with Crippen molar-refractivity contribution in [3.8, 4) is 0 Å². The van der Waals surface area contributed by atoms with Crippen LogP contribution in [-0.4, -0.2) is 39.0 Å². The summed E-state index contributed by atoms with van der Waals surface area (Å²) in [7, 11) is 0. The molecule has 0 aromatic carbocycles. The highest BCUT2D eigenvalue weighted by Crippen LogP contribution is 2.22. The minimum Gasteiger partial charge on any atom is -0.378 e. The van der Waals surface area contributed by atoms with Crippen LogP contribution in [0.1, 0.15) is 68.0 Å². The van der Waals surface area contributed by atoms with Crippen LogP contribution < -0.4 is 5.32 Å². The second kappa shape index (κ2) is 8.16. The molecule has 1 saturated carbocycles. The Kier molecular flexibility index (Phi) is 5.91. The van der Waals surface area contributed by atoms with Crippen molar-refractivity contribution in [1.29, 1.82) is 0 Å². The monoisotopic (exact) mass is 358 g/mol. The number of hydrogen-bond acceptors (Lipinski definition) is 4. The number of ether oxygens (including phenoxy) is 1. The van der Waals surface area contributed by atoms with Crippen LogP contribution in [-0.2, 0) is 4.74 Å². The normalized spacial score (nSPS) is 20.7. The average molecular weight is 358 g/mol. The Hall–Kier alpha value is -1.95. The minimum absolute atomic E-state index is 0.0471. The molecule has 0 unspecified atom stereocenters. The summed E-state index contributed by atoms with van der Waals surface area (Å²) in [5.74, 6) is 2.15. The fraction of sp³-hybridized carbons (Fsp3) is 0.650. The molecule has 1 amide bonds. The fourth-order valence-electron chi connectivity index (χ4n) is 3.55. The van der Waals surface area contributed by atoms with Crippen LogP contribution in [0, 0.1) is 19.8 Å². The van der Waals surface area contributed by atoms with Crippen molar-refractivity contribution in [1.82, 2.24) is 19.7 Å². The highest BCUT2D eigenvalue weighted by atomic mass is 16.5. The Morgan fingerprint density at radius 1 is 1.27 bits per heavy atom. The molecule has 0 atom stereocenters. The smallest absolute Gasteiger partial charge is 0.255 e. The van der Waals surface area contributed by atoms with Crippen molar-refractivity contribution >= 4 is 11.6 Å². The summed E-state index contributed by atoms with van der Waals surface area (Å²) in [6.45, 7) is 9.05. The van der Waals surface area contributed by atoms with Crippen LogP contribution in [0.15, 0.2) is 12.3 Å². The van der Waals surface area contributed by atoms with E-state index in [0.29, 0.717) is 29.1 Å². The number of fused-ring (bicyclic) bond motifs is 1. The third-order valence-electron chi connectivity index (χ3n) is 5.10. The van der Waals surface area contributed by atoms with E-state index >= 15 is 0 Å². The van der Waals surface area contributed by atoms with E-state index in [1.807, 2.05) is 30.5 Å². The zero-order valence-corrected chi connectivity index (χ0v) is 16.3. The predicted octanol–water partition coefficient (Wildman–Crippen LogP) is 3.45. The molecule has 142 valence electrons. The summed E-state index contributed by atoms with van der Waals surface area (Å²) in [4.78, 5) is 21.5. The molecule has 0 bridgehead atoms. The van der Waals surface area contributed by atoms with Gasteiger partial charge in [-0.25, -0.2) is 9.97 Å². The summed E-state index contributed by atoms with van der Waals surface area (Å²) in [6.07, 6.45) is 7.28. The van der Waals surface area contributed by atoms with Crippen LogP contribution in [0.25, 0.3) is 5.65 Å². The molecule has 3 rings (SSSR count). The van der Waals surface area contributed by atoms with Gasteiger partial charge in [0.15, 0.2) is 5.65 Å². The predicted molar refractivity (Wildman–Crippen MR) is 101 cm³/mol. The lowest BCUT2D eigenvalue weighted by Crippen LogP contribution is -2.39. The molecule has 2 aromatic rings. The summed E-state index contributed by atoms with van der Waals surface area (Å²) in [5, 5.41) is 3.18. The molecule has 0 aliphatic heterocycles. The SMILES string of the molecule is Cc1nc(C)n2ccc(C(=O)NC3CCC(OCCC(C)C)CC3)c2n1. The quantitative estimate of drug-likeness (QED) is 0.859. The second-order valence-electron chi connectivity index (χ2n) is 7.74. The van der Waals surface area contributed by atoms with Gasteiger partial charge in [-0.15, -0.1) is 0 Å². The molecule has 2 aromatic heterocycles. The van der Waals surface area contributed by atoms with Gasteiger partial charge in [0.2, 0.25) is 0 Å². The van der Waals surface area contributed by atoms with Crippen molar-refractivity contribution < 1.29 is 9.53 Å². The van der Waals surface area contributed by atoms with E-state index < -0.39 is 0 Å². The first-order valence-corrected chi connectivity index (χ1v) is 9.68. The van der Waals surface area contributed by atoms with Gasteiger partial charge in [0.25, 0.3) is 5.91 Å². The molecule has 6 heteroatoms. The van der Waals surface area contributed by atoms with E-state index in [1.165, 1.54) is 0 Å². The molecular weight excluding hydrogens is 328 g/mol. The van der Waals surface area contributed by atoms with E-state index in [9.17, 15) is 4.79 Å². The van der Waals surface area contributed by atoms with Gasteiger partial charge in [0.05, 0.1) is 11.7 Å². The first-order valence-electron chi connectivity index (χ1n) is 9.68. The molecule has 6 nitrogen and oxygen atoms in total. The number of rotatable bonds is 6. The number of carbonyl (C=O) groups is 1. The fourth-order valence-corrected chi connectivity index (χ4v) is 3.55. The minimum atomic E-state index is -0.0471. The van der Waals surface area contributed by atoms with Gasteiger partial charge in [0.1, 0.15) is 11.6 Å². The van der Waals surface area contributed by atoms with Crippen molar-refractivity contribution in [3.63, 3.8) is 0 Å². The molecule has 0 spiro atoms. The van der Waals surface area contributed by atoms with Crippen molar-refractivity contribution in [2.75, 3.05) is 6.61 Å². The first-order chi connectivity index (χ1) is 12.4. The zero-order chi connectivity index (χ0) is 18.7. The second-order valence-corrected chi connectivity index (χ2v) is 7.74. The molecule has 1 aliphatic rings. The maximum absolute atomic E-state index is 12.7. The maximum atomic E-state index is 12.7. The Morgan fingerprint density at radius 3 is 2.69 bits per heavy atom. The average Bonchev–Trinajstić information content (AvgIpc) is 3.00. The lowest BCUT2D eigenvalue weighted by atomic mass is 9.92. The summed E-state index contributed by atoms with van der Waals surface area (Å²) >= 11 is 0. The van der Waals surface area contributed by atoms with Crippen LogP contribution in [0.2, 0.25) is 0 Å². The topological polar surface area (TPSA) is 68.5 Å². The summed E-state index contributed by atoms with van der Waals surface area (Å²) in [5.41, 5.74) is 1.30. The van der Waals surface area contributed by atoms with Crippen LogP contribution in [0.5, 0.6) is 0 Å². The van der Waals surface area contributed by atoms with Crippen molar-refractivity contribution in [3.05, 3.63) is 29.5 Å². The number of amides is 1. The highest BCUT2D eigenvalue weighted by Gasteiger charge is 2.24. The number of carbonyl (C=O) groups excluding carboxylic acids is 1. The molecule has 0 radical (unpaired) electrons. The van der Waals surface area contributed by atoms with Crippen LogP contribution in [0.3, 0.4) is 0 Å². The third kappa shape index (κ3) is 4.41. The molecule has 1 aliphatic carbocycles. The molecule has 1 fully saturated rings. The van der Waals surface area contributed by atoms with E-state index in [0.717, 1.165) is 44.5 Å². The van der Waals surface area contributed by atoms with Gasteiger partial charge in [-0.3, -0.25) is 9.20 Å².